The van der Waals surface area contributed by atoms with Gasteiger partial charge in [-0.15, -0.1) is 0 Å². The summed E-state index contributed by atoms with van der Waals surface area (Å²) in [7, 11) is 4.79. The standard InChI is InChI=1S/C28H29NO6/c1-20(30)35-19-28(31)29(23-8-6-5-7-9-23)18-26-22(16-25(33-3)17-27(26)34-4)13-10-21-11-14-24(32-2)15-12-21/h5-17H,18-19H2,1-4H3. The molecular weight excluding hydrogens is 446 g/mol. The van der Waals surface area contributed by atoms with Crippen LogP contribution in [0.25, 0.3) is 12.2 Å². The molecule has 7 nitrogen and oxygen atoms in total. The number of anilines is 1. The molecule has 0 N–H and O–H groups in total. The van der Waals surface area contributed by atoms with Crippen molar-refractivity contribution in [3.8, 4) is 17.2 Å². The van der Waals surface area contributed by atoms with E-state index in [0.717, 1.165) is 22.4 Å². The van der Waals surface area contributed by atoms with Crippen LogP contribution in [0.3, 0.4) is 0 Å². The van der Waals surface area contributed by atoms with Crippen LogP contribution < -0.4 is 19.1 Å². The van der Waals surface area contributed by atoms with E-state index < -0.39 is 5.97 Å². The minimum atomic E-state index is -0.517. The molecule has 0 bridgehead atoms. The van der Waals surface area contributed by atoms with Crippen molar-refractivity contribution in [1.82, 2.24) is 0 Å². The fourth-order valence-corrected chi connectivity index (χ4v) is 3.49. The molecule has 0 spiro atoms. The normalized spacial score (nSPS) is 10.6. The number of ether oxygens (including phenoxy) is 4. The summed E-state index contributed by atoms with van der Waals surface area (Å²) in [5, 5.41) is 0. The van der Waals surface area contributed by atoms with Gasteiger partial charge in [0, 0.05) is 24.2 Å². The number of hydrogen-bond acceptors (Lipinski definition) is 6. The molecule has 3 rings (SSSR count). The first kappa shape index (κ1) is 25.4. The van der Waals surface area contributed by atoms with Crippen LogP contribution in [0, 0.1) is 0 Å². The number of nitrogens with zero attached hydrogens (tertiary/aromatic N) is 1. The predicted octanol–water partition coefficient (Wildman–Crippen LogP) is 4.98. The predicted molar refractivity (Wildman–Crippen MR) is 136 cm³/mol. The number of para-hydroxylation sites is 1. The van der Waals surface area contributed by atoms with Crippen molar-refractivity contribution in [2.45, 2.75) is 13.5 Å². The Morgan fingerprint density at radius 3 is 2.11 bits per heavy atom. The molecule has 7 heteroatoms. The molecule has 182 valence electrons. The van der Waals surface area contributed by atoms with Gasteiger partial charge in [0.15, 0.2) is 6.61 Å². The highest BCUT2D eigenvalue weighted by Crippen LogP contribution is 2.33. The zero-order valence-corrected chi connectivity index (χ0v) is 20.3. The molecule has 0 unspecified atom stereocenters. The van der Waals surface area contributed by atoms with Crippen molar-refractivity contribution in [3.63, 3.8) is 0 Å². The summed E-state index contributed by atoms with van der Waals surface area (Å²) in [6.07, 6.45) is 3.91. The second-order valence-corrected chi connectivity index (χ2v) is 7.60. The first-order chi connectivity index (χ1) is 16.9. The minimum absolute atomic E-state index is 0.194. The summed E-state index contributed by atoms with van der Waals surface area (Å²) < 4.78 is 21.4. The highest BCUT2D eigenvalue weighted by atomic mass is 16.5. The Balaban J connectivity index is 2.03. The molecule has 35 heavy (non-hydrogen) atoms. The van der Waals surface area contributed by atoms with Crippen molar-refractivity contribution < 1.29 is 28.5 Å². The molecule has 0 saturated carbocycles. The molecule has 0 aromatic heterocycles. The van der Waals surface area contributed by atoms with Gasteiger partial charge >= 0.3 is 5.97 Å². The van der Waals surface area contributed by atoms with Crippen molar-refractivity contribution in [3.05, 3.63) is 83.4 Å². The van der Waals surface area contributed by atoms with Crippen LogP contribution in [-0.2, 0) is 20.9 Å². The third-order valence-electron chi connectivity index (χ3n) is 5.33. The zero-order chi connectivity index (χ0) is 25.2. The molecule has 3 aromatic rings. The van der Waals surface area contributed by atoms with E-state index in [1.54, 1.807) is 32.3 Å². The van der Waals surface area contributed by atoms with E-state index in [-0.39, 0.29) is 19.1 Å². The molecule has 3 aromatic carbocycles. The van der Waals surface area contributed by atoms with Crippen LogP contribution >= 0.6 is 0 Å². The molecule has 0 aliphatic rings. The summed E-state index contributed by atoms with van der Waals surface area (Å²) in [6.45, 7) is 1.11. The molecule has 0 heterocycles. The van der Waals surface area contributed by atoms with Gasteiger partial charge in [-0.05, 0) is 41.5 Å². The average Bonchev–Trinajstić information content (AvgIpc) is 2.89. The van der Waals surface area contributed by atoms with Crippen molar-refractivity contribution >= 4 is 29.7 Å². The van der Waals surface area contributed by atoms with Gasteiger partial charge in [0.25, 0.3) is 5.91 Å². The molecule has 0 saturated heterocycles. The second kappa shape index (κ2) is 12.3. The Kier molecular flexibility index (Phi) is 8.89. The van der Waals surface area contributed by atoms with Gasteiger partial charge in [-0.2, -0.15) is 0 Å². The van der Waals surface area contributed by atoms with Gasteiger partial charge in [0.05, 0.1) is 27.9 Å². The van der Waals surface area contributed by atoms with Gasteiger partial charge < -0.3 is 23.8 Å². The number of hydrogen-bond donors (Lipinski definition) is 0. The largest absolute Gasteiger partial charge is 0.497 e. The van der Waals surface area contributed by atoms with Gasteiger partial charge in [0.1, 0.15) is 17.2 Å². The van der Waals surface area contributed by atoms with Crippen LogP contribution in [0.2, 0.25) is 0 Å². The van der Waals surface area contributed by atoms with Gasteiger partial charge in [0.2, 0.25) is 0 Å². The summed E-state index contributed by atoms with van der Waals surface area (Å²) in [5.41, 5.74) is 3.24. The lowest BCUT2D eigenvalue weighted by molar-refractivity contribution is -0.145. The van der Waals surface area contributed by atoms with E-state index in [4.69, 9.17) is 18.9 Å². The van der Waals surface area contributed by atoms with E-state index in [9.17, 15) is 9.59 Å². The Morgan fingerprint density at radius 1 is 0.829 bits per heavy atom. The molecule has 0 aliphatic heterocycles. The first-order valence-electron chi connectivity index (χ1n) is 11.0. The lowest BCUT2D eigenvalue weighted by atomic mass is 10.0. The monoisotopic (exact) mass is 475 g/mol. The van der Waals surface area contributed by atoms with Crippen molar-refractivity contribution in [2.24, 2.45) is 0 Å². The number of carbonyl (C=O) groups is 2. The summed E-state index contributed by atoms with van der Waals surface area (Å²) in [4.78, 5) is 26.0. The molecular formula is C28H29NO6. The lowest BCUT2D eigenvalue weighted by Gasteiger charge is -2.25. The molecule has 0 aliphatic carbocycles. The number of amides is 1. The third kappa shape index (κ3) is 6.86. The Morgan fingerprint density at radius 2 is 1.51 bits per heavy atom. The topological polar surface area (TPSA) is 74.3 Å². The van der Waals surface area contributed by atoms with Crippen LogP contribution in [0.15, 0.2) is 66.7 Å². The fourth-order valence-electron chi connectivity index (χ4n) is 3.49. The summed E-state index contributed by atoms with van der Waals surface area (Å²) in [5.74, 6) is 1.10. The maximum absolute atomic E-state index is 13.1. The Bertz CT molecular complexity index is 1170. The third-order valence-corrected chi connectivity index (χ3v) is 5.33. The minimum Gasteiger partial charge on any atom is -0.497 e. The van der Waals surface area contributed by atoms with Crippen LogP contribution in [0.1, 0.15) is 23.6 Å². The first-order valence-corrected chi connectivity index (χ1v) is 11.0. The van der Waals surface area contributed by atoms with Crippen LogP contribution in [0.5, 0.6) is 17.2 Å². The van der Waals surface area contributed by atoms with Crippen molar-refractivity contribution in [1.29, 1.82) is 0 Å². The molecule has 0 fully saturated rings. The Labute approximate surface area is 205 Å². The SMILES string of the molecule is COc1ccc(C=Cc2cc(OC)cc(OC)c2CN(C(=O)COC(C)=O)c2ccccc2)cc1. The lowest BCUT2D eigenvalue weighted by Crippen LogP contribution is -2.34. The highest BCUT2D eigenvalue weighted by molar-refractivity contribution is 5.95. The highest BCUT2D eigenvalue weighted by Gasteiger charge is 2.21. The maximum atomic E-state index is 13.1. The summed E-state index contributed by atoms with van der Waals surface area (Å²) >= 11 is 0. The van der Waals surface area contributed by atoms with Crippen LogP contribution in [0.4, 0.5) is 5.69 Å². The molecule has 1 amide bonds. The quantitative estimate of drug-likeness (QED) is 0.304. The average molecular weight is 476 g/mol. The van der Waals surface area contributed by atoms with Crippen LogP contribution in [-0.4, -0.2) is 39.8 Å². The van der Waals surface area contributed by atoms with E-state index >= 15 is 0 Å². The number of benzene rings is 3. The van der Waals surface area contributed by atoms with Gasteiger partial charge in [-0.1, -0.05) is 42.5 Å². The zero-order valence-electron chi connectivity index (χ0n) is 20.3. The maximum Gasteiger partial charge on any atom is 0.303 e. The van der Waals surface area contributed by atoms with Gasteiger partial charge in [-0.25, -0.2) is 0 Å². The molecule has 0 atom stereocenters. The number of carbonyl (C=O) groups excluding carboxylic acids is 2. The molecule has 0 radical (unpaired) electrons. The van der Waals surface area contributed by atoms with E-state index in [1.165, 1.54) is 6.92 Å². The Hall–Kier alpha value is -4.26. The second-order valence-electron chi connectivity index (χ2n) is 7.60. The van der Waals surface area contributed by atoms with E-state index in [0.29, 0.717) is 17.2 Å². The van der Waals surface area contributed by atoms with Crippen molar-refractivity contribution in [2.75, 3.05) is 32.8 Å². The smallest absolute Gasteiger partial charge is 0.303 e. The number of rotatable bonds is 10. The van der Waals surface area contributed by atoms with E-state index in [1.807, 2.05) is 72.8 Å². The van der Waals surface area contributed by atoms with E-state index in [2.05, 4.69) is 0 Å². The number of esters is 1. The number of methoxy groups -OCH3 is 3. The van der Waals surface area contributed by atoms with Gasteiger partial charge in [-0.3, -0.25) is 9.59 Å². The summed E-state index contributed by atoms with van der Waals surface area (Å²) in [6, 6.07) is 20.6. The fraction of sp³-hybridized carbons (Fsp3) is 0.214.